The van der Waals surface area contributed by atoms with Crippen molar-refractivity contribution in [1.82, 2.24) is 14.9 Å². The predicted molar refractivity (Wildman–Crippen MR) is 120 cm³/mol. The maximum Gasteiger partial charge on any atom is 0.251 e. The molecule has 1 aromatic heterocycles. The highest BCUT2D eigenvalue weighted by molar-refractivity contribution is 5.95. The Bertz CT molecular complexity index is 942. The molecule has 4 heteroatoms. The largest absolute Gasteiger partial charge is 0.352 e. The minimum Gasteiger partial charge on any atom is -0.352 e. The highest BCUT2D eigenvalue weighted by atomic mass is 16.1. The number of carbonyl (C=O) groups is 1. The van der Waals surface area contributed by atoms with Crippen LogP contribution in [0.1, 0.15) is 61.3 Å². The molecule has 0 radical (unpaired) electrons. The van der Waals surface area contributed by atoms with Gasteiger partial charge in [0, 0.05) is 25.1 Å². The standard InChI is InChI=1S/C25H33N3O/c1-19(2)16-18-28-23-14-9-8-13-22(23)27-24(28)15-5-4-10-17-26-25(29)21-12-7-6-11-20(21)3/h6-9,11-14,19H,4-5,10,15-18H2,1-3H3,(H,26,29). The summed E-state index contributed by atoms with van der Waals surface area (Å²) in [6.07, 6.45) is 5.31. The van der Waals surface area contributed by atoms with Gasteiger partial charge in [-0.25, -0.2) is 4.98 Å². The van der Waals surface area contributed by atoms with Crippen LogP contribution in [-0.4, -0.2) is 22.0 Å². The van der Waals surface area contributed by atoms with Crippen LogP contribution >= 0.6 is 0 Å². The average Bonchev–Trinajstić information content (AvgIpc) is 3.06. The second kappa shape index (κ2) is 10.2. The Kier molecular flexibility index (Phi) is 7.45. The van der Waals surface area contributed by atoms with Crippen molar-refractivity contribution in [3.05, 3.63) is 65.5 Å². The highest BCUT2D eigenvalue weighted by Gasteiger charge is 2.11. The molecule has 4 nitrogen and oxygen atoms in total. The molecular weight excluding hydrogens is 358 g/mol. The Morgan fingerprint density at radius 3 is 2.59 bits per heavy atom. The van der Waals surface area contributed by atoms with Crippen molar-refractivity contribution in [2.24, 2.45) is 5.92 Å². The first-order chi connectivity index (χ1) is 14.1. The van der Waals surface area contributed by atoms with Crippen LogP contribution in [0.15, 0.2) is 48.5 Å². The van der Waals surface area contributed by atoms with Crippen molar-refractivity contribution in [1.29, 1.82) is 0 Å². The molecule has 0 saturated heterocycles. The van der Waals surface area contributed by atoms with Gasteiger partial charge in [0.25, 0.3) is 5.91 Å². The zero-order valence-electron chi connectivity index (χ0n) is 17.9. The summed E-state index contributed by atoms with van der Waals surface area (Å²) in [4.78, 5) is 17.1. The first-order valence-electron chi connectivity index (χ1n) is 10.8. The molecule has 0 aliphatic carbocycles. The molecule has 0 fully saturated rings. The fourth-order valence-electron chi connectivity index (χ4n) is 3.66. The number of amides is 1. The minimum atomic E-state index is 0.0265. The molecule has 0 aliphatic rings. The van der Waals surface area contributed by atoms with Gasteiger partial charge in [0.05, 0.1) is 11.0 Å². The van der Waals surface area contributed by atoms with E-state index < -0.39 is 0 Å². The van der Waals surface area contributed by atoms with Gasteiger partial charge in [-0.1, -0.05) is 50.6 Å². The monoisotopic (exact) mass is 391 g/mol. The number of nitrogens with zero attached hydrogens (tertiary/aromatic N) is 2. The molecule has 0 atom stereocenters. The summed E-state index contributed by atoms with van der Waals surface area (Å²) in [5, 5.41) is 3.04. The van der Waals surface area contributed by atoms with Gasteiger partial charge >= 0.3 is 0 Å². The first kappa shape index (κ1) is 21.1. The van der Waals surface area contributed by atoms with Gasteiger partial charge in [-0.05, 0) is 55.9 Å². The molecular formula is C25H33N3O. The molecule has 0 spiro atoms. The van der Waals surface area contributed by atoms with Crippen LogP contribution in [-0.2, 0) is 13.0 Å². The number of aryl methyl sites for hydroxylation is 3. The summed E-state index contributed by atoms with van der Waals surface area (Å²) < 4.78 is 2.40. The topological polar surface area (TPSA) is 46.9 Å². The number of imidazole rings is 1. The molecule has 0 bridgehead atoms. The Hall–Kier alpha value is -2.62. The lowest BCUT2D eigenvalue weighted by Gasteiger charge is -2.11. The van der Waals surface area contributed by atoms with E-state index in [1.165, 1.54) is 11.3 Å². The van der Waals surface area contributed by atoms with E-state index in [-0.39, 0.29) is 5.91 Å². The van der Waals surface area contributed by atoms with Crippen LogP contribution < -0.4 is 5.32 Å². The van der Waals surface area contributed by atoms with Gasteiger partial charge in [0.15, 0.2) is 0 Å². The Balaban J connectivity index is 1.48. The van der Waals surface area contributed by atoms with Gasteiger partial charge in [-0.3, -0.25) is 4.79 Å². The van der Waals surface area contributed by atoms with Gasteiger partial charge < -0.3 is 9.88 Å². The van der Waals surface area contributed by atoms with Crippen LogP contribution in [0.3, 0.4) is 0 Å². The summed E-state index contributed by atoms with van der Waals surface area (Å²) in [7, 11) is 0. The molecule has 3 aromatic rings. The molecule has 0 saturated carbocycles. The Labute approximate surface area is 174 Å². The third-order valence-electron chi connectivity index (χ3n) is 5.42. The molecule has 3 rings (SSSR count). The Morgan fingerprint density at radius 2 is 1.79 bits per heavy atom. The summed E-state index contributed by atoms with van der Waals surface area (Å²) in [6.45, 7) is 8.26. The number of aromatic nitrogens is 2. The van der Waals surface area contributed by atoms with E-state index in [1.54, 1.807) is 0 Å². The second-order valence-electron chi connectivity index (χ2n) is 8.23. The fourth-order valence-corrected chi connectivity index (χ4v) is 3.66. The van der Waals surface area contributed by atoms with Crippen LogP contribution in [0.4, 0.5) is 0 Å². The average molecular weight is 392 g/mol. The first-order valence-corrected chi connectivity index (χ1v) is 10.8. The van der Waals surface area contributed by atoms with E-state index in [0.29, 0.717) is 5.92 Å². The summed E-state index contributed by atoms with van der Waals surface area (Å²) >= 11 is 0. The molecule has 1 heterocycles. The van der Waals surface area contributed by atoms with Crippen LogP contribution in [0.2, 0.25) is 0 Å². The molecule has 1 N–H and O–H groups in total. The third-order valence-corrected chi connectivity index (χ3v) is 5.42. The van der Waals surface area contributed by atoms with E-state index in [9.17, 15) is 4.79 Å². The SMILES string of the molecule is Cc1ccccc1C(=O)NCCCCCc1nc2ccccc2n1CCC(C)C. The van der Waals surface area contributed by atoms with Gasteiger partial charge in [-0.2, -0.15) is 0 Å². The highest BCUT2D eigenvalue weighted by Crippen LogP contribution is 2.19. The van der Waals surface area contributed by atoms with Crippen molar-refractivity contribution in [3.8, 4) is 0 Å². The van der Waals surface area contributed by atoms with E-state index in [0.717, 1.165) is 61.8 Å². The lowest BCUT2D eigenvalue weighted by Crippen LogP contribution is -2.25. The maximum atomic E-state index is 12.3. The van der Waals surface area contributed by atoms with Crippen molar-refractivity contribution >= 4 is 16.9 Å². The molecule has 1 amide bonds. The summed E-state index contributed by atoms with van der Waals surface area (Å²) in [5.41, 5.74) is 4.13. The number of hydrogen-bond acceptors (Lipinski definition) is 2. The quantitative estimate of drug-likeness (QED) is 0.462. The lowest BCUT2D eigenvalue weighted by molar-refractivity contribution is 0.0952. The van der Waals surface area contributed by atoms with Gasteiger partial charge in [-0.15, -0.1) is 0 Å². The normalized spacial score (nSPS) is 11.3. The number of rotatable bonds is 10. The number of para-hydroxylation sites is 2. The smallest absolute Gasteiger partial charge is 0.251 e. The van der Waals surface area contributed by atoms with Crippen molar-refractivity contribution in [3.63, 3.8) is 0 Å². The van der Waals surface area contributed by atoms with Crippen LogP contribution in [0.25, 0.3) is 11.0 Å². The molecule has 2 aromatic carbocycles. The third kappa shape index (κ3) is 5.69. The number of hydrogen-bond donors (Lipinski definition) is 1. The molecule has 29 heavy (non-hydrogen) atoms. The summed E-state index contributed by atoms with van der Waals surface area (Å²) in [5.74, 6) is 1.90. The van der Waals surface area contributed by atoms with E-state index in [4.69, 9.17) is 4.98 Å². The van der Waals surface area contributed by atoms with Gasteiger partial charge in [0.1, 0.15) is 5.82 Å². The second-order valence-corrected chi connectivity index (χ2v) is 8.23. The molecule has 0 unspecified atom stereocenters. The van der Waals surface area contributed by atoms with E-state index in [1.807, 2.05) is 31.2 Å². The number of unbranched alkanes of at least 4 members (excludes halogenated alkanes) is 2. The number of fused-ring (bicyclic) bond motifs is 1. The number of benzene rings is 2. The minimum absolute atomic E-state index is 0.0265. The van der Waals surface area contributed by atoms with E-state index in [2.05, 4.69) is 48.0 Å². The van der Waals surface area contributed by atoms with Crippen molar-refractivity contribution < 1.29 is 4.79 Å². The number of carbonyl (C=O) groups excluding carboxylic acids is 1. The number of nitrogens with one attached hydrogen (secondary N) is 1. The van der Waals surface area contributed by atoms with Crippen LogP contribution in [0.5, 0.6) is 0 Å². The zero-order valence-corrected chi connectivity index (χ0v) is 17.9. The fraction of sp³-hybridized carbons (Fsp3) is 0.440. The van der Waals surface area contributed by atoms with Crippen LogP contribution in [0, 0.1) is 12.8 Å². The van der Waals surface area contributed by atoms with Crippen molar-refractivity contribution in [2.45, 2.75) is 59.4 Å². The Morgan fingerprint density at radius 1 is 1.03 bits per heavy atom. The van der Waals surface area contributed by atoms with Gasteiger partial charge in [0.2, 0.25) is 0 Å². The molecule has 0 aliphatic heterocycles. The lowest BCUT2D eigenvalue weighted by atomic mass is 10.1. The van der Waals surface area contributed by atoms with E-state index >= 15 is 0 Å². The zero-order chi connectivity index (χ0) is 20.6. The molecule has 154 valence electrons. The maximum absolute atomic E-state index is 12.3. The predicted octanol–water partition coefficient (Wildman–Crippen LogP) is 5.53. The van der Waals surface area contributed by atoms with Crippen molar-refractivity contribution in [2.75, 3.05) is 6.54 Å². The summed E-state index contributed by atoms with van der Waals surface area (Å²) in [6, 6.07) is 16.2.